The van der Waals surface area contributed by atoms with Crippen LogP contribution in [-0.4, -0.2) is 37.0 Å². The van der Waals surface area contributed by atoms with Crippen LogP contribution in [0.4, 0.5) is 0 Å². The molecule has 0 aliphatic rings. The van der Waals surface area contributed by atoms with Gasteiger partial charge in [0.15, 0.2) is 0 Å². The van der Waals surface area contributed by atoms with Gasteiger partial charge in [0, 0.05) is 0 Å². The summed E-state index contributed by atoms with van der Waals surface area (Å²) in [5.74, 6) is -2.85. The largest absolute Gasteiger partial charge is 0.470 e. The van der Waals surface area contributed by atoms with Crippen LogP contribution >= 0.6 is 0 Å². The van der Waals surface area contributed by atoms with Crippen molar-refractivity contribution >= 4 is 17.7 Å². The molecule has 0 aromatic heterocycles. The minimum atomic E-state index is -1.66. The van der Waals surface area contributed by atoms with Crippen molar-refractivity contribution in [1.29, 1.82) is 0 Å². The van der Waals surface area contributed by atoms with Gasteiger partial charge in [0.05, 0.1) is 13.2 Å². The fraction of sp³-hybridized carbons (Fsp3) is 0.357. The minimum absolute atomic E-state index is 0.0332. The molecule has 6 heteroatoms. The average Bonchev–Trinajstić information content (AvgIpc) is 2.45. The Kier molecular flexibility index (Phi) is 6.22. The smallest absolute Gasteiger partial charge is 0.379 e. The second-order valence-corrected chi connectivity index (χ2v) is 3.65. The lowest BCUT2D eigenvalue weighted by Gasteiger charge is -2.15. The molecule has 1 rings (SSSR count). The first-order valence-electron chi connectivity index (χ1n) is 6.19. The number of Topliss-reactive ketones (excluding diaryl/α,β-unsaturated/α-hetero) is 1. The summed E-state index contributed by atoms with van der Waals surface area (Å²) in [5, 5.41) is 0. The number of ether oxygens (including phenoxy) is 3. The number of hydrogen-bond acceptors (Lipinski definition) is 6. The highest BCUT2D eigenvalue weighted by atomic mass is 16.6. The molecular formula is C14H16O6. The average molecular weight is 280 g/mol. The van der Waals surface area contributed by atoms with E-state index in [2.05, 4.69) is 4.74 Å². The molecule has 108 valence electrons. The van der Waals surface area contributed by atoms with E-state index in [1.54, 1.807) is 44.2 Å². The van der Waals surface area contributed by atoms with Crippen LogP contribution in [-0.2, 0) is 23.9 Å². The van der Waals surface area contributed by atoms with Crippen LogP contribution in [0.2, 0.25) is 0 Å². The maximum absolute atomic E-state index is 11.9. The van der Waals surface area contributed by atoms with E-state index in [9.17, 15) is 14.4 Å². The third kappa shape index (κ3) is 4.38. The van der Waals surface area contributed by atoms with Gasteiger partial charge < -0.3 is 14.2 Å². The molecule has 0 aliphatic heterocycles. The van der Waals surface area contributed by atoms with E-state index in [0.29, 0.717) is 0 Å². The highest BCUT2D eigenvalue weighted by Crippen LogP contribution is 2.12. The van der Waals surface area contributed by atoms with Crippen LogP contribution in [0.3, 0.4) is 0 Å². The van der Waals surface area contributed by atoms with E-state index in [4.69, 9.17) is 9.47 Å². The zero-order chi connectivity index (χ0) is 15.0. The van der Waals surface area contributed by atoms with Gasteiger partial charge in [0.2, 0.25) is 0 Å². The maximum atomic E-state index is 11.9. The van der Waals surface area contributed by atoms with Crippen LogP contribution in [0.25, 0.3) is 0 Å². The topological polar surface area (TPSA) is 78.9 Å². The molecule has 0 spiro atoms. The maximum Gasteiger partial charge on any atom is 0.379 e. The molecule has 1 aromatic carbocycles. The SMILES string of the molecule is CCOC(=O)C(=O)C(Oc1ccccc1)C(=O)OCC. The Hall–Kier alpha value is -2.37. The summed E-state index contributed by atoms with van der Waals surface area (Å²) in [5.41, 5.74) is 0. The Morgan fingerprint density at radius 1 is 1.00 bits per heavy atom. The molecule has 0 fully saturated rings. The fourth-order valence-corrected chi connectivity index (χ4v) is 1.37. The normalized spacial score (nSPS) is 11.3. The van der Waals surface area contributed by atoms with Crippen LogP contribution < -0.4 is 4.74 Å². The van der Waals surface area contributed by atoms with Gasteiger partial charge in [-0.25, -0.2) is 9.59 Å². The van der Waals surface area contributed by atoms with E-state index in [1.165, 1.54) is 0 Å². The fourth-order valence-electron chi connectivity index (χ4n) is 1.37. The van der Waals surface area contributed by atoms with Crippen molar-refractivity contribution in [2.75, 3.05) is 13.2 Å². The third-order valence-corrected chi connectivity index (χ3v) is 2.21. The molecule has 0 aliphatic carbocycles. The first-order chi connectivity index (χ1) is 9.60. The predicted octanol–water partition coefficient (Wildman–Crippen LogP) is 1.13. The summed E-state index contributed by atoms with van der Waals surface area (Å²) < 4.78 is 14.5. The highest BCUT2D eigenvalue weighted by Gasteiger charge is 2.36. The van der Waals surface area contributed by atoms with Crippen LogP contribution in [0.5, 0.6) is 5.75 Å². The molecule has 0 bridgehead atoms. The second kappa shape index (κ2) is 7.93. The van der Waals surface area contributed by atoms with Gasteiger partial charge in [-0.15, -0.1) is 0 Å². The van der Waals surface area contributed by atoms with Gasteiger partial charge in [-0.05, 0) is 26.0 Å². The van der Waals surface area contributed by atoms with Gasteiger partial charge in [-0.1, -0.05) is 18.2 Å². The Morgan fingerprint density at radius 3 is 2.15 bits per heavy atom. The molecule has 0 N–H and O–H groups in total. The lowest BCUT2D eigenvalue weighted by atomic mass is 10.2. The van der Waals surface area contributed by atoms with Crippen molar-refractivity contribution in [2.24, 2.45) is 0 Å². The van der Waals surface area contributed by atoms with Crippen molar-refractivity contribution in [1.82, 2.24) is 0 Å². The number of ketones is 1. The zero-order valence-electron chi connectivity index (χ0n) is 11.3. The summed E-state index contributed by atoms with van der Waals surface area (Å²) in [6, 6.07) is 8.22. The minimum Gasteiger partial charge on any atom is -0.470 e. The number of esters is 2. The summed E-state index contributed by atoms with van der Waals surface area (Å²) in [6.45, 7) is 3.25. The van der Waals surface area contributed by atoms with Crippen LogP contribution in [0, 0.1) is 0 Å². The lowest BCUT2D eigenvalue weighted by molar-refractivity contribution is -0.164. The molecule has 0 heterocycles. The van der Waals surface area contributed by atoms with Crippen molar-refractivity contribution in [3.8, 4) is 5.75 Å². The highest BCUT2D eigenvalue weighted by molar-refractivity contribution is 6.39. The summed E-state index contributed by atoms with van der Waals surface area (Å²) in [4.78, 5) is 35.0. The third-order valence-electron chi connectivity index (χ3n) is 2.21. The second-order valence-electron chi connectivity index (χ2n) is 3.65. The van der Waals surface area contributed by atoms with Gasteiger partial charge in [0.25, 0.3) is 11.9 Å². The number of rotatable bonds is 7. The molecule has 1 unspecified atom stereocenters. The van der Waals surface area contributed by atoms with Crippen LogP contribution in [0.1, 0.15) is 13.8 Å². The summed E-state index contributed by atoms with van der Waals surface area (Å²) in [7, 11) is 0. The monoisotopic (exact) mass is 280 g/mol. The van der Waals surface area contributed by atoms with Crippen molar-refractivity contribution in [3.63, 3.8) is 0 Å². The first-order valence-corrected chi connectivity index (χ1v) is 6.19. The van der Waals surface area contributed by atoms with Crippen molar-refractivity contribution in [2.45, 2.75) is 20.0 Å². The lowest BCUT2D eigenvalue weighted by Crippen LogP contribution is -2.42. The van der Waals surface area contributed by atoms with Crippen molar-refractivity contribution < 1.29 is 28.6 Å². The molecule has 0 saturated carbocycles. The van der Waals surface area contributed by atoms with E-state index < -0.39 is 23.8 Å². The summed E-state index contributed by atoms with van der Waals surface area (Å²) >= 11 is 0. The Bertz CT molecular complexity index is 468. The first kappa shape index (κ1) is 15.7. The Labute approximate surface area is 116 Å². The van der Waals surface area contributed by atoms with E-state index in [1.807, 2.05) is 0 Å². The van der Waals surface area contributed by atoms with E-state index in [-0.39, 0.29) is 19.0 Å². The number of carbonyl (C=O) groups is 3. The summed E-state index contributed by atoms with van der Waals surface area (Å²) in [6.07, 6.45) is -1.66. The van der Waals surface area contributed by atoms with Crippen molar-refractivity contribution in [3.05, 3.63) is 30.3 Å². The number of hydrogen-bond donors (Lipinski definition) is 0. The molecule has 0 amide bonds. The number of carbonyl (C=O) groups excluding carboxylic acids is 3. The molecule has 6 nitrogen and oxygen atoms in total. The van der Waals surface area contributed by atoms with E-state index >= 15 is 0 Å². The number of benzene rings is 1. The predicted molar refractivity (Wildman–Crippen MR) is 69.1 cm³/mol. The number of para-hydroxylation sites is 1. The molecule has 1 aromatic rings. The molecular weight excluding hydrogens is 264 g/mol. The molecule has 20 heavy (non-hydrogen) atoms. The van der Waals surface area contributed by atoms with E-state index in [0.717, 1.165) is 0 Å². The molecule has 1 atom stereocenters. The standard InChI is InChI=1S/C14H16O6/c1-3-18-13(16)11(15)12(14(17)19-4-2)20-10-8-6-5-7-9-10/h5-9,12H,3-4H2,1-2H3. The quantitative estimate of drug-likeness (QED) is 0.423. The molecule has 0 saturated heterocycles. The zero-order valence-corrected chi connectivity index (χ0v) is 11.3. The van der Waals surface area contributed by atoms with Gasteiger partial charge >= 0.3 is 11.9 Å². The Morgan fingerprint density at radius 2 is 1.60 bits per heavy atom. The van der Waals surface area contributed by atoms with Crippen LogP contribution in [0.15, 0.2) is 30.3 Å². The van der Waals surface area contributed by atoms with Gasteiger partial charge in [-0.2, -0.15) is 0 Å². The van der Waals surface area contributed by atoms with Gasteiger partial charge in [-0.3, -0.25) is 4.79 Å². The Balaban J connectivity index is 2.88. The molecule has 0 radical (unpaired) electrons. The van der Waals surface area contributed by atoms with Gasteiger partial charge in [0.1, 0.15) is 5.75 Å².